The Kier molecular flexibility index (Phi) is 7.86. The van der Waals surface area contributed by atoms with E-state index in [-0.39, 0.29) is 47.2 Å². The highest BCUT2D eigenvalue weighted by atomic mass is 32.2. The van der Waals surface area contributed by atoms with Gasteiger partial charge in [0.1, 0.15) is 16.9 Å². The summed E-state index contributed by atoms with van der Waals surface area (Å²) in [5.41, 5.74) is 1.00. The van der Waals surface area contributed by atoms with E-state index in [4.69, 9.17) is 9.15 Å². The van der Waals surface area contributed by atoms with Gasteiger partial charge in [-0.1, -0.05) is 24.3 Å². The van der Waals surface area contributed by atoms with Gasteiger partial charge in [-0.25, -0.2) is 22.0 Å². The summed E-state index contributed by atoms with van der Waals surface area (Å²) in [5, 5.41) is 0. The Balaban J connectivity index is 1.29. The summed E-state index contributed by atoms with van der Waals surface area (Å²) >= 11 is 0. The predicted octanol–water partition coefficient (Wildman–Crippen LogP) is 5.51. The van der Waals surface area contributed by atoms with Crippen LogP contribution < -0.4 is 4.90 Å². The second-order valence-electron chi connectivity index (χ2n) is 12.2. The Labute approximate surface area is 259 Å². The van der Waals surface area contributed by atoms with Crippen LogP contribution in [0.1, 0.15) is 48.7 Å². The number of hydrogen-bond acceptors (Lipinski definition) is 7. The maximum atomic E-state index is 14.5. The molecule has 1 unspecified atom stereocenters. The number of anilines is 1. The fourth-order valence-corrected chi connectivity index (χ4v) is 7.05. The van der Waals surface area contributed by atoms with E-state index in [2.05, 4.69) is 4.98 Å². The Morgan fingerprint density at radius 3 is 2.44 bits per heavy atom. The van der Waals surface area contributed by atoms with Crippen molar-refractivity contribution in [1.82, 2.24) is 14.2 Å². The topological polar surface area (TPSA) is 113 Å². The van der Waals surface area contributed by atoms with E-state index in [0.717, 1.165) is 17.2 Å². The van der Waals surface area contributed by atoms with Crippen molar-refractivity contribution in [2.75, 3.05) is 24.5 Å². The number of halogens is 2. The van der Waals surface area contributed by atoms with Crippen molar-refractivity contribution in [1.29, 1.82) is 0 Å². The number of rotatable bonds is 5. The van der Waals surface area contributed by atoms with E-state index in [1.54, 1.807) is 20.8 Å². The third-order valence-electron chi connectivity index (χ3n) is 7.84. The van der Waals surface area contributed by atoms with E-state index in [1.165, 1.54) is 38.4 Å². The summed E-state index contributed by atoms with van der Waals surface area (Å²) in [6.45, 7) is 6.15. The first-order chi connectivity index (χ1) is 21.3. The molecule has 13 heteroatoms. The Hall–Kier alpha value is -4.36. The summed E-state index contributed by atoms with van der Waals surface area (Å²) in [6, 6.07) is 13.9. The van der Waals surface area contributed by atoms with Gasteiger partial charge in [-0.3, -0.25) is 9.69 Å². The molecule has 1 aromatic heterocycles. The van der Waals surface area contributed by atoms with E-state index < -0.39 is 45.3 Å². The van der Waals surface area contributed by atoms with Gasteiger partial charge in [0.05, 0.1) is 10.9 Å². The zero-order valence-electron chi connectivity index (χ0n) is 25.0. The zero-order valence-corrected chi connectivity index (χ0v) is 25.8. The molecule has 0 bridgehead atoms. The quantitative estimate of drug-likeness (QED) is 0.283. The molecule has 2 amide bonds. The molecule has 1 atom stereocenters. The smallest absolute Gasteiger partial charge is 0.410 e. The van der Waals surface area contributed by atoms with E-state index in [1.807, 2.05) is 24.3 Å². The molecular formula is C32H32F2N4O6S. The van der Waals surface area contributed by atoms with Crippen LogP contribution in [0, 0.1) is 11.6 Å². The molecule has 45 heavy (non-hydrogen) atoms. The minimum atomic E-state index is -3.85. The normalized spacial score (nSPS) is 17.4. The number of nitrogens with zero attached hydrogens (tertiary/aromatic N) is 4. The second kappa shape index (κ2) is 11.5. The van der Waals surface area contributed by atoms with E-state index in [9.17, 15) is 26.8 Å². The number of amides is 2. The number of ether oxygens (including phenoxy) is 1. The molecule has 0 radical (unpaired) electrons. The molecule has 3 aromatic carbocycles. The average Bonchev–Trinajstić information content (AvgIpc) is 3.64. The lowest BCUT2D eigenvalue weighted by atomic mass is 10.0. The minimum absolute atomic E-state index is 0.0290. The number of aromatic nitrogens is 1. The molecule has 1 saturated heterocycles. The van der Waals surface area contributed by atoms with Crippen molar-refractivity contribution < 1.29 is 35.9 Å². The average molecular weight is 639 g/mol. The molecule has 2 aliphatic heterocycles. The lowest BCUT2D eigenvalue weighted by molar-refractivity contribution is 0.0291. The summed E-state index contributed by atoms with van der Waals surface area (Å²) in [6.07, 6.45) is 0.360. The van der Waals surface area contributed by atoms with Crippen LogP contribution in [0.2, 0.25) is 0 Å². The molecule has 6 rings (SSSR count). The molecule has 3 heterocycles. The van der Waals surface area contributed by atoms with Crippen LogP contribution in [0.4, 0.5) is 19.6 Å². The molecule has 10 nitrogen and oxygen atoms in total. The molecule has 0 aliphatic carbocycles. The van der Waals surface area contributed by atoms with Crippen molar-refractivity contribution in [3.05, 3.63) is 89.0 Å². The molecule has 0 spiro atoms. The van der Waals surface area contributed by atoms with Gasteiger partial charge in [0.15, 0.2) is 11.4 Å². The highest BCUT2D eigenvalue weighted by Gasteiger charge is 2.39. The van der Waals surface area contributed by atoms with Gasteiger partial charge in [-0.2, -0.15) is 9.29 Å². The zero-order chi connectivity index (χ0) is 32.1. The lowest BCUT2D eigenvalue weighted by Gasteiger charge is -2.28. The SMILES string of the molecule is CC(C)(C)OC(=O)N1CCC(N(C(=O)c2ccc(S(=O)(=O)N3CCc4ccccc4C3)cc2)c2nc3c(F)cc(F)cc3o2)C1. The molecule has 2 aliphatic rings. The van der Waals surface area contributed by atoms with Crippen molar-refractivity contribution in [3.63, 3.8) is 0 Å². The Morgan fingerprint density at radius 1 is 1.02 bits per heavy atom. The van der Waals surface area contributed by atoms with Gasteiger partial charge in [0.2, 0.25) is 10.0 Å². The third kappa shape index (κ3) is 6.14. The lowest BCUT2D eigenvalue weighted by Crippen LogP contribution is -2.44. The van der Waals surface area contributed by atoms with Gasteiger partial charge in [-0.05, 0) is 69.0 Å². The number of oxazole rings is 1. The number of hydrogen-bond donors (Lipinski definition) is 0. The van der Waals surface area contributed by atoms with Crippen LogP contribution in [-0.4, -0.2) is 65.9 Å². The number of benzene rings is 3. The van der Waals surface area contributed by atoms with Gasteiger partial charge in [-0.15, -0.1) is 0 Å². The first-order valence-electron chi connectivity index (χ1n) is 14.5. The van der Waals surface area contributed by atoms with Crippen LogP contribution >= 0.6 is 0 Å². The van der Waals surface area contributed by atoms with Crippen molar-refractivity contribution in [2.45, 2.75) is 56.7 Å². The van der Waals surface area contributed by atoms with Crippen LogP contribution in [0.25, 0.3) is 11.1 Å². The maximum absolute atomic E-state index is 14.5. The van der Waals surface area contributed by atoms with Gasteiger partial charge >= 0.3 is 12.1 Å². The van der Waals surface area contributed by atoms with Crippen molar-refractivity contribution in [2.24, 2.45) is 0 Å². The van der Waals surface area contributed by atoms with Gasteiger partial charge in [0.25, 0.3) is 5.91 Å². The highest BCUT2D eigenvalue weighted by molar-refractivity contribution is 7.89. The number of fused-ring (bicyclic) bond motifs is 2. The van der Waals surface area contributed by atoms with Crippen LogP contribution in [0.3, 0.4) is 0 Å². The molecule has 1 fully saturated rings. The molecule has 4 aromatic rings. The van der Waals surface area contributed by atoms with Crippen molar-refractivity contribution in [3.8, 4) is 0 Å². The molecule has 236 valence electrons. The van der Waals surface area contributed by atoms with Crippen LogP contribution in [-0.2, 0) is 27.7 Å². The third-order valence-corrected chi connectivity index (χ3v) is 9.70. The fraction of sp³-hybridized carbons (Fsp3) is 0.344. The summed E-state index contributed by atoms with van der Waals surface area (Å²) < 4.78 is 68.0. The van der Waals surface area contributed by atoms with Gasteiger partial charge in [0, 0.05) is 43.9 Å². The number of likely N-dealkylation sites (tertiary alicyclic amines) is 1. The first kappa shape index (κ1) is 30.7. The minimum Gasteiger partial charge on any atom is -0.444 e. The number of carbonyl (C=O) groups excluding carboxylic acids is 2. The first-order valence-corrected chi connectivity index (χ1v) is 16.0. The van der Waals surface area contributed by atoms with Crippen LogP contribution in [0.5, 0.6) is 0 Å². The molecular weight excluding hydrogens is 606 g/mol. The predicted molar refractivity (Wildman–Crippen MR) is 161 cm³/mol. The highest BCUT2D eigenvalue weighted by Crippen LogP contribution is 2.31. The fourth-order valence-electron chi connectivity index (χ4n) is 5.63. The largest absolute Gasteiger partial charge is 0.444 e. The molecule has 0 N–H and O–H groups in total. The Bertz CT molecular complexity index is 1890. The second-order valence-corrected chi connectivity index (χ2v) is 14.1. The monoisotopic (exact) mass is 638 g/mol. The summed E-state index contributed by atoms with van der Waals surface area (Å²) in [4.78, 5) is 33.6. The summed E-state index contributed by atoms with van der Waals surface area (Å²) in [7, 11) is -3.85. The summed E-state index contributed by atoms with van der Waals surface area (Å²) in [5.74, 6) is -2.44. The van der Waals surface area contributed by atoms with Crippen molar-refractivity contribution >= 4 is 39.1 Å². The standard InChI is InChI=1S/C32H32F2N4O6S/c1-32(2,3)44-31(40)36-14-13-24(19-36)38(30-35-28-26(34)16-23(33)17-27(28)43-30)29(39)21-8-10-25(11-9-21)45(41,42)37-15-12-20-6-4-5-7-22(20)18-37/h4-11,16-17,24H,12-15,18-19H2,1-3H3. The number of sulfonamides is 1. The maximum Gasteiger partial charge on any atom is 0.410 e. The number of carbonyl (C=O) groups is 2. The van der Waals surface area contributed by atoms with Gasteiger partial charge < -0.3 is 14.1 Å². The van der Waals surface area contributed by atoms with E-state index in [0.29, 0.717) is 25.5 Å². The van der Waals surface area contributed by atoms with Crippen LogP contribution in [0.15, 0.2) is 70.0 Å². The van der Waals surface area contributed by atoms with E-state index >= 15 is 0 Å². The molecule has 0 saturated carbocycles. The Morgan fingerprint density at radius 2 is 1.73 bits per heavy atom.